The molecule has 4 rings (SSSR count). The molecule has 2 aromatic rings. The van der Waals surface area contributed by atoms with Gasteiger partial charge < -0.3 is 29.0 Å². The molecule has 0 aromatic heterocycles. The van der Waals surface area contributed by atoms with E-state index >= 15 is 0 Å². The molecule has 156 valence electrons. The first-order valence-electron chi connectivity index (χ1n) is 9.57. The van der Waals surface area contributed by atoms with Crippen LogP contribution in [0.2, 0.25) is 0 Å². The number of rotatable bonds is 5. The molecule has 0 fully saturated rings. The van der Waals surface area contributed by atoms with Crippen LogP contribution in [0.1, 0.15) is 18.9 Å². The van der Waals surface area contributed by atoms with Gasteiger partial charge in [0.05, 0.1) is 13.2 Å². The summed E-state index contributed by atoms with van der Waals surface area (Å²) in [4.78, 5) is 24.4. The Labute approximate surface area is 173 Å². The lowest BCUT2D eigenvalue weighted by molar-refractivity contribution is -0.148. The molecule has 0 radical (unpaired) electrons. The van der Waals surface area contributed by atoms with Crippen LogP contribution in [-0.4, -0.2) is 38.0 Å². The van der Waals surface area contributed by atoms with Crippen molar-refractivity contribution in [2.45, 2.75) is 19.4 Å². The maximum atomic E-state index is 12.3. The van der Waals surface area contributed by atoms with E-state index in [2.05, 4.69) is 5.32 Å². The highest BCUT2D eigenvalue weighted by Crippen LogP contribution is 2.34. The van der Waals surface area contributed by atoms with Gasteiger partial charge in [-0.05, 0) is 42.8 Å². The average molecular weight is 411 g/mol. The number of nitrogens with one attached hydrogen (secondary N) is 1. The second kappa shape index (κ2) is 8.77. The predicted octanol–water partition coefficient (Wildman–Crippen LogP) is 3.16. The molecule has 0 saturated heterocycles. The molecule has 8 heteroatoms. The van der Waals surface area contributed by atoms with Crippen molar-refractivity contribution in [3.8, 4) is 23.0 Å². The normalized spacial score (nSPS) is 15.4. The zero-order chi connectivity index (χ0) is 20.9. The smallest absolute Gasteiger partial charge is 0.331 e. The molecule has 2 aliphatic heterocycles. The van der Waals surface area contributed by atoms with Gasteiger partial charge in [0.15, 0.2) is 29.1 Å². The lowest BCUT2D eigenvalue weighted by Gasteiger charge is -2.12. The molecule has 0 saturated carbocycles. The summed E-state index contributed by atoms with van der Waals surface area (Å²) in [5.41, 5.74) is 1.28. The van der Waals surface area contributed by atoms with Gasteiger partial charge in [-0.3, -0.25) is 4.79 Å². The van der Waals surface area contributed by atoms with Gasteiger partial charge in [-0.25, -0.2) is 4.79 Å². The standard InChI is InChI=1S/C22H21NO7/c1-14(22(25)23-16-5-7-18-20(12-16)29-13-28-18)30-21(24)8-4-15-3-6-17-19(11-15)27-10-2-9-26-17/h3-8,11-12,14H,2,9-10,13H2,1H3,(H,23,25)/b8-4+/t14-/m0/s1. The second-order valence-corrected chi connectivity index (χ2v) is 6.73. The number of hydrogen-bond acceptors (Lipinski definition) is 7. The van der Waals surface area contributed by atoms with Crippen molar-refractivity contribution in [1.82, 2.24) is 0 Å². The number of ether oxygens (including phenoxy) is 5. The number of amides is 1. The van der Waals surface area contributed by atoms with E-state index in [4.69, 9.17) is 23.7 Å². The van der Waals surface area contributed by atoms with Crippen LogP contribution in [0.5, 0.6) is 23.0 Å². The van der Waals surface area contributed by atoms with Crippen molar-refractivity contribution in [2.24, 2.45) is 0 Å². The van der Waals surface area contributed by atoms with E-state index < -0.39 is 18.0 Å². The fourth-order valence-corrected chi connectivity index (χ4v) is 2.93. The highest BCUT2D eigenvalue weighted by Gasteiger charge is 2.19. The summed E-state index contributed by atoms with van der Waals surface area (Å²) in [7, 11) is 0. The van der Waals surface area contributed by atoms with Crippen LogP contribution in [0.25, 0.3) is 6.08 Å². The Morgan fingerprint density at radius 3 is 2.53 bits per heavy atom. The maximum Gasteiger partial charge on any atom is 0.331 e. The molecular weight excluding hydrogens is 390 g/mol. The average Bonchev–Trinajstić information content (AvgIpc) is 3.08. The number of anilines is 1. The summed E-state index contributed by atoms with van der Waals surface area (Å²) in [5.74, 6) is 1.41. The molecular formula is C22H21NO7. The molecule has 30 heavy (non-hydrogen) atoms. The van der Waals surface area contributed by atoms with Crippen LogP contribution in [0, 0.1) is 0 Å². The van der Waals surface area contributed by atoms with E-state index in [0.717, 1.165) is 12.0 Å². The highest BCUT2D eigenvalue weighted by molar-refractivity contribution is 5.96. The van der Waals surface area contributed by atoms with Crippen LogP contribution in [0.15, 0.2) is 42.5 Å². The summed E-state index contributed by atoms with van der Waals surface area (Å²) in [5, 5.41) is 2.68. The summed E-state index contributed by atoms with van der Waals surface area (Å²) < 4.78 is 26.9. The second-order valence-electron chi connectivity index (χ2n) is 6.73. The summed E-state index contributed by atoms with van der Waals surface area (Å²) in [6, 6.07) is 10.4. The fourth-order valence-electron chi connectivity index (χ4n) is 2.93. The third kappa shape index (κ3) is 4.65. The molecule has 2 aromatic carbocycles. The number of fused-ring (bicyclic) bond motifs is 2. The van der Waals surface area contributed by atoms with Gasteiger partial charge in [-0.2, -0.15) is 0 Å². The van der Waals surface area contributed by atoms with E-state index in [-0.39, 0.29) is 6.79 Å². The molecule has 2 heterocycles. The van der Waals surface area contributed by atoms with Gasteiger partial charge in [-0.1, -0.05) is 6.07 Å². The van der Waals surface area contributed by atoms with Gasteiger partial charge >= 0.3 is 5.97 Å². The van der Waals surface area contributed by atoms with Crippen molar-refractivity contribution < 1.29 is 33.3 Å². The minimum atomic E-state index is -0.976. The number of benzene rings is 2. The van der Waals surface area contributed by atoms with E-state index in [0.29, 0.717) is 41.9 Å². The molecule has 1 atom stereocenters. The van der Waals surface area contributed by atoms with Gasteiger partial charge in [0.25, 0.3) is 5.91 Å². The maximum absolute atomic E-state index is 12.3. The van der Waals surface area contributed by atoms with Crippen LogP contribution in [0.3, 0.4) is 0 Å². The quantitative estimate of drug-likeness (QED) is 0.597. The molecule has 0 unspecified atom stereocenters. The molecule has 0 bridgehead atoms. The van der Waals surface area contributed by atoms with Crippen LogP contribution < -0.4 is 24.3 Å². The van der Waals surface area contributed by atoms with E-state index in [1.807, 2.05) is 6.07 Å². The van der Waals surface area contributed by atoms with Gasteiger partial charge in [0.1, 0.15) is 0 Å². The predicted molar refractivity (Wildman–Crippen MR) is 108 cm³/mol. The first-order chi connectivity index (χ1) is 14.6. The number of carbonyl (C=O) groups excluding carboxylic acids is 2. The molecule has 1 amide bonds. The topological polar surface area (TPSA) is 92.3 Å². The first kappa shape index (κ1) is 19.6. The molecule has 8 nitrogen and oxygen atoms in total. The lowest BCUT2D eigenvalue weighted by Crippen LogP contribution is -2.29. The largest absolute Gasteiger partial charge is 0.490 e. The van der Waals surface area contributed by atoms with Crippen LogP contribution in [0.4, 0.5) is 5.69 Å². The Balaban J connectivity index is 1.32. The van der Waals surface area contributed by atoms with Crippen molar-refractivity contribution >= 4 is 23.6 Å². The molecule has 0 aliphatic carbocycles. The van der Waals surface area contributed by atoms with E-state index in [1.54, 1.807) is 36.4 Å². The number of carbonyl (C=O) groups is 2. The van der Waals surface area contributed by atoms with Gasteiger partial charge in [-0.15, -0.1) is 0 Å². The molecule has 2 aliphatic rings. The minimum absolute atomic E-state index is 0.149. The first-order valence-corrected chi connectivity index (χ1v) is 9.57. The van der Waals surface area contributed by atoms with E-state index in [9.17, 15) is 9.59 Å². The third-order valence-electron chi connectivity index (χ3n) is 4.49. The Hall–Kier alpha value is -3.68. The van der Waals surface area contributed by atoms with Crippen molar-refractivity contribution in [2.75, 3.05) is 25.3 Å². The molecule has 1 N–H and O–H groups in total. The SMILES string of the molecule is C[C@H](OC(=O)/C=C/c1ccc2c(c1)OCCCO2)C(=O)Nc1ccc2c(c1)OCO2. The van der Waals surface area contributed by atoms with Crippen molar-refractivity contribution in [3.63, 3.8) is 0 Å². The number of esters is 1. The minimum Gasteiger partial charge on any atom is -0.490 e. The zero-order valence-corrected chi connectivity index (χ0v) is 16.4. The molecule has 0 spiro atoms. The van der Waals surface area contributed by atoms with Crippen molar-refractivity contribution in [1.29, 1.82) is 0 Å². The Kier molecular flexibility index (Phi) is 5.74. The zero-order valence-electron chi connectivity index (χ0n) is 16.4. The Morgan fingerprint density at radius 2 is 1.67 bits per heavy atom. The number of hydrogen-bond donors (Lipinski definition) is 1. The van der Waals surface area contributed by atoms with Crippen LogP contribution >= 0.6 is 0 Å². The van der Waals surface area contributed by atoms with Gasteiger partial charge in [0, 0.05) is 24.3 Å². The summed E-state index contributed by atoms with van der Waals surface area (Å²) >= 11 is 0. The highest BCUT2D eigenvalue weighted by atomic mass is 16.7. The van der Waals surface area contributed by atoms with Crippen molar-refractivity contribution in [3.05, 3.63) is 48.0 Å². The Bertz CT molecular complexity index is 985. The Morgan fingerprint density at radius 1 is 0.967 bits per heavy atom. The monoisotopic (exact) mass is 411 g/mol. The van der Waals surface area contributed by atoms with E-state index in [1.165, 1.54) is 13.0 Å². The third-order valence-corrected chi connectivity index (χ3v) is 4.49. The van der Waals surface area contributed by atoms with Gasteiger partial charge in [0.2, 0.25) is 6.79 Å². The lowest BCUT2D eigenvalue weighted by atomic mass is 10.2. The fraction of sp³-hybridized carbons (Fsp3) is 0.273. The summed E-state index contributed by atoms with van der Waals surface area (Å²) in [6.45, 7) is 2.84. The van der Waals surface area contributed by atoms with Crippen LogP contribution in [-0.2, 0) is 14.3 Å². The summed E-state index contributed by atoms with van der Waals surface area (Å²) in [6.07, 6.45) is 2.71.